The monoisotopic (exact) mass is 309 g/mol. The van der Waals surface area contributed by atoms with Crippen LogP contribution in [0, 0.1) is 5.92 Å². The molecule has 0 heterocycles. The van der Waals surface area contributed by atoms with E-state index in [4.69, 9.17) is 14.6 Å². The van der Waals surface area contributed by atoms with Crippen molar-refractivity contribution in [1.29, 1.82) is 0 Å². The molecule has 122 valence electrons. The van der Waals surface area contributed by atoms with Gasteiger partial charge in [-0.05, 0) is 18.6 Å². The molecule has 1 aromatic rings. The zero-order valence-electron chi connectivity index (χ0n) is 13.5. The number of rotatable bonds is 8. The zero-order valence-corrected chi connectivity index (χ0v) is 13.5. The van der Waals surface area contributed by atoms with Crippen LogP contribution < -0.4 is 9.47 Å². The second-order valence-corrected chi connectivity index (χ2v) is 5.14. The molecule has 22 heavy (non-hydrogen) atoms. The maximum atomic E-state index is 12.5. The van der Waals surface area contributed by atoms with E-state index in [1.807, 2.05) is 6.92 Å². The molecule has 1 atom stereocenters. The number of nitrogens with zero attached hydrogens (tertiary/aromatic N) is 1. The van der Waals surface area contributed by atoms with Crippen molar-refractivity contribution < 1.29 is 24.2 Å². The van der Waals surface area contributed by atoms with E-state index < -0.39 is 11.9 Å². The molecule has 0 fully saturated rings. The molecule has 0 aliphatic carbocycles. The number of benzene rings is 1. The van der Waals surface area contributed by atoms with Crippen LogP contribution in [0.15, 0.2) is 18.2 Å². The lowest BCUT2D eigenvalue weighted by atomic mass is 10.1. The van der Waals surface area contributed by atoms with Gasteiger partial charge in [0.1, 0.15) is 11.5 Å². The molecule has 0 saturated heterocycles. The second-order valence-electron chi connectivity index (χ2n) is 5.14. The molecule has 0 aliphatic heterocycles. The lowest BCUT2D eigenvalue weighted by Crippen LogP contribution is -2.33. The smallest absolute Gasteiger partial charge is 0.308 e. The quantitative estimate of drug-likeness (QED) is 0.797. The van der Waals surface area contributed by atoms with Gasteiger partial charge in [-0.2, -0.15) is 0 Å². The molecule has 6 heteroatoms. The van der Waals surface area contributed by atoms with E-state index in [2.05, 4.69) is 0 Å². The predicted molar refractivity (Wildman–Crippen MR) is 82.5 cm³/mol. The van der Waals surface area contributed by atoms with Crippen LogP contribution in [0.25, 0.3) is 0 Å². The minimum atomic E-state index is -0.933. The molecule has 1 rings (SSSR count). The van der Waals surface area contributed by atoms with Crippen molar-refractivity contribution in [3.8, 4) is 11.5 Å². The number of carbonyl (C=O) groups is 2. The van der Waals surface area contributed by atoms with E-state index in [1.54, 1.807) is 39.3 Å². The molecular weight excluding hydrogens is 286 g/mol. The maximum absolute atomic E-state index is 12.5. The van der Waals surface area contributed by atoms with Crippen LogP contribution in [0.1, 0.15) is 30.6 Å². The maximum Gasteiger partial charge on any atom is 0.308 e. The lowest BCUT2D eigenvalue weighted by molar-refractivity contribution is -0.141. The van der Waals surface area contributed by atoms with Crippen molar-refractivity contribution in [3.05, 3.63) is 23.8 Å². The van der Waals surface area contributed by atoms with E-state index in [0.717, 1.165) is 6.42 Å². The third-order valence-electron chi connectivity index (χ3n) is 3.20. The molecule has 0 spiro atoms. The molecule has 0 saturated carbocycles. The topological polar surface area (TPSA) is 76.1 Å². The Labute approximate surface area is 130 Å². The molecule has 0 aliphatic rings. The Kier molecular flexibility index (Phi) is 6.69. The highest BCUT2D eigenvalue weighted by Gasteiger charge is 2.21. The average Bonchev–Trinajstić information content (AvgIpc) is 2.51. The average molecular weight is 309 g/mol. The van der Waals surface area contributed by atoms with Crippen LogP contribution in [0.4, 0.5) is 0 Å². The van der Waals surface area contributed by atoms with Crippen molar-refractivity contribution in [2.24, 2.45) is 5.92 Å². The van der Waals surface area contributed by atoms with E-state index >= 15 is 0 Å². The number of carboxylic acids is 1. The number of carboxylic acid groups (broad SMARTS) is 1. The molecule has 0 bridgehead atoms. The van der Waals surface area contributed by atoms with Gasteiger partial charge in [-0.1, -0.05) is 13.8 Å². The first-order valence-corrected chi connectivity index (χ1v) is 7.19. The fraction of sp³-hybridized carbons (Fsp3) is 0.500. The molecule has 0 radical (unpaired) electrons. The summed E-state index contributed by atoms with van der Waals surface area (Å²) >= 11 is 0. The Morgan fingerprint density at radius 1 is 1.36 bits per heavy atom. The van der Waals surface area contributed by atoms with Crippen molar-refractivity contribution in [3.63, 3.8) is 0 Å². The normalized spacial score (nSPS) is 11.6. The fourth-order valence-electron chi connectivity index (χ4n) is 1.92. The number of ether oxygens (including phenoxy) is 2. The van der Waals surface area contributed by atoms with Gasteiger partial charge in [0.15, 0.2) is 0 Å². The second kappa shape index (κ2) is 8.26. The largest absolute Gasteiger partial charge is 0.497 e. The number of carbonyl (C=O) groups excluding carboxylic acids is 1. The van der Waals surface area contributed by atoms with Gasteiger partial charge in [-0.15, -0.1) is 0 Å². The SMILES string of the molecule is CCCOc1cc(OC)ccc1C(=O)N(C)CC(C)C(=O)O. The van der Waals surface area contributed by atoms with Crippen LogP contribution in [0.5, 0.6) is 11.5 Å². The van der Waals surface area contributed by atoms with Gasteiger partial charge in [0.2, 0.25) is 0 Å². The van der Waals surface area contributed by atoms with Gasteiger partial charge in [0.05, 0.1) is 25.2 Å². The Hall–Kier alpha value is -2.24. The highest BCUT2D eigenvalue weighted by molar-refractivity contribution is 5.97. The van der Waals surface area contributed by atoms with Crippen LogP contribution in [-0.4, -0.2) is 49.2 Å². The summed E-state index contributed by atoms with van der Waals surface area (Å²) in [6.07, 6.45) is 0.816. The summed E-state index contributed by atoms with van der Waals surface area (Å²) in [6, 6.07) is 4.98. The Morgan fingerprint density at radius 3 is 2.59 bits per heavy atom. The van der Waals surface area contributed by atoms with Gasteiger partial charge in [0.25, 0.3) is 5.91 Å². The molecule has 1 unspecified atom stereocenters. The van der Waals surface area contributed by atoms with Gasteiger partial charge in [-0.25, -0.2) is 0 Å². The molecule has 1 aromatic carbocycles. The summed E-state index contributed by atoms with van der Waals surface area (Å²) in [7, 11) is 3.12. The van der Waals surface area contributed by atoms with Gasteiger partial charge >= 0.3 is 5.97 Å². The van der Waals surface area contributed by atoms with Gasteiger partial charge in [-0.3, -0.25) is 9.59 Å². The highest BCUT2D eigenvalue weighted by atomic mass is 16.5. The third-order valence-corrected chi connectivity index (χ3v) is 3.20. The molecule has 1 N–H and O–H groups in total. The Morgan fingerprint density at radius 2 is 2.05 bits per heavy atom. The van der Waals surface area contributed by atoms with Crippen molar-refractivity contribution >= 4 is 11.9 Å². The zero-order chi connectivity index (χ0) is 16.7. The summed E-state index contributed by atoms with van der Waals surface area (Å²) in [4.78, 5) is 24.8. The lowest BCUT2D eigenvalue weighted by Gasteiger charge is -2.21. The van der Waals surface area contributed by atoms with E-state index in [1.165, 1.54) is 4.90 Å². The number of methoxy groups -OCH3 is 1. The van der Waals surface area contributed by atoms with Crippen LogP contribution >= 0.6 is 0 Å². The van der Waals surface area contributed by atoms with Crippen LogP contribution in [-0.2, 0) is 4.79 Å². The Bertz CT molecular complexity index is 529. The first kappa shape index (κ1) is 17.8. The highest BCUT2D eigenvalue weighted by Crippen LogP contribution is 2.26. The first-order valence-electron chi connectivity index (χ1n) is 7.19. The summed E-state index contributed by atoms with van der Waals surface area (Å²) in [5.41, 5.74) is 0.398. The van der Waals surface area contributed by atoms with Gasteiger partial charge < -0.3 is 19.5 Å². The third kappa shape index (κ3) is 4.65. The van der Waals surface area contributed by atoms with E-state index in [-0.39, 0.29) is 12.5 Å². The molecule has 6 nitrogen and oxygen atoms in total. The van der Waals surface area contributed by atoms with Crippen LogP contribution in [0.3, 0.4) is 0 Å². The standard InChI is InChI=1S/C16H23NO5/c1-5-8-22-14-9-12(21-4)6-7-13(14)15(18)17(3)10-11(2)16(19)20/h6-7,9,11H,5,8,10H2,1-4H3,(H,19,20). The predicted octanol–water partition coefficient (Wildman–Crippen LogP) is 2.28. The minimum Gasteiger partial charge on any atom is -0.497 e. The van der Waals surface area contributed by atoms with Crippen molar-refractivity contribution in [2.45, 2.75) is 20.3 Å². The number of amides is 1. The summed E-state index contributed by atoms with van der Waals surface area (Å²) < 4.78 is 10.8. The molecular formula is C16H23NO5. The van der Waals surface area contributed by atoms with E-state index in [9.17, 15) is 9.59 Å². The number of hydrogen-bond donors (Lipinski definition) is 1. The van der Waals surface area contributed by atoms with Crippen molar-refractivity contribution in [2.75, 3.05) is 27.3 Å². The fourth-order valence-corrected chi connectivity index (χ4v) is 1.92. The van der Waals surface area contributed by atoms with Crippen LogP contribution in [0.2, 0.25) is 0 Å². The summed E-state index contributed by atoms with van der Waals surface area (Å²) in [5, 5.41) is 8.94. The number of hydrogen-bond acceptors (Lipinski definition) is 4. The molecule has 1 amide bonds. The minimum absolute atomic E-state index is 0.132. The summed E-state index contributed by atoms with van der Waals surface area (Å²) in [6.45, 7) is 4.16. The molecule has 0 aromatic heterocycles. The van der Waals surface area contributed by atoms with E-state index in [0.29, 0.717) is 23.7 Å². The van der Waals surface area contributed by atoms with Gasteiger partial charge in [0, 0.05) is 19.7 Å². The Balaban J connectivity index is 2.97. The summed E-state index contributed by atoms with van der Waals surface area (Å²) in [5.74, 6) is -0.795. The first-order chi connectivity index (χ1) is 10.4. The van der Waals surface area contributed by atoms with Crippen molar-refractivity contribution in [1.82, 2.24) is 4.90 Å². The number of aliphatic carboxylic acids is 1.